The summed E-state index contributed by atoms with van der Waals surface area (Å²) < 4.78 is 11.0. The van der Waals surface area contributed by atoms with Gasteiger partial charge in [0.2, 0.25) is 11.7 Å². The van der Waals surface area contributed by atoms with Gasteiger partial charge in [-0.1, -0.05) is 29.4 Å². The Morgan fingerprint density at radius 3 is 2.50 bits per heavy atom. The van der Waals surface area contributed by atoms with E-state index < -0.39 is 0 Å². The second kappa shape index (κ2) is 10.7. The van der Waals surface area contributed by atoms with Gasteiger partial charge >= 0.3 is 0 Å². The zero-order chi connectivity index (χ0) is 26.8. The number of amides is 1. The van der Waals surface area contributed by atoms with Crippen LogP contribution in [0.5, 0.6) is 5.75 Å². The molecule has 3 aromatic carbocycles. The average Bonchev–Trinajstić information content (AvgIpc) is 3.34. The summed E-state index contributed by atoms with van der Waals surface area (Å²) in [6.45, 7) is 8.46. The van der Waals surface area contributed by atoms with Crippen molar-refractivity contribution in [1.29, 1.82) is 0 Å². The molecular formula is C30H33N5O3. The van der Waals surface area contributed by atoms with Crippen LogP contribution in [0.3, 0.4) is 0 Å². The van der Waals surface area contributed by atoms with E-state index in [0.717, 1.165) is 52.5 Å². The Kier molecular flexibility index (Phi) is 7.15. The quantitative estimate of drug-likeness (QED) is 0.355. The van der Waals surface area contributed by atoms with E-state index in [1.165, 1.54) is 0 Å². The lowest BCUT2D eigenvalue weighted by molar-refractivity contribution is 0.102. The van der Waals surface area contributed by atoms with Crippen LogP contribution >= 0.6 is 0 Å². The fourth-order valence-electron chi connectivity index (χ4n) is 4.68. The molecule has 1 aromatic heterocycles. The van der Waals surface area contributed by atoms with Crippen LogP contribution in [0.15, 0.2) is 65.2 Å². The molecule has 1 atom stereocenters. The molecule has 0 radical (unpaired) electrons. The Hall–Kier alpha value is -4.17. The fourth-order valence-corrected chi connectivity index (χ4v) is 4.68. The molecule has 8 nitrogen and oxygen atoms in total. The number of nitrogens with zero attached hydrogens (tertiary/aromatic N) is 4. The van der Waals surface area contributed by atoms with Crippen molar-refractivity contribution in [3.05, 3.63) is 77.7 Å². The Balaban J connectivity index is 1.30. The van der Waals surface area contributed by atoms with Crippen LogP contribution in [0.25, 0.3) is 22.5 Å². The maximum atomic E-state index is 13.1. The fraction of sp³-hybridized carbons (Fsp3) is 0.300. The number of hydrogen-bond acceptors (Lipinski definition) is 7. The number of anilines is 2. The monoisotopic (exact) mass is 511 g/mol. The van der Waals surface area contributed by atoms with Crippen molar-refractivity contribution in [2.75, 3.05) is 44.0 Å². The number of aromatic nitrogens is 2. The minimum atomic E-state index is -0.152. The third-order valence-corrected chi connectivity index (χ3v) is 6.80. The van der Waals surface area contributed by atoms with E-state index in [1.807, 2.05) is 60.7 Å². The number of hydrogen-bond donors (Lipinski definition) is 1. The first-order valence-corrected chi connectivity index (χ1v) is 12.8. The maximum absolute atomic E-state index is 13.1. The molecule has 1 aliphatic rings. The Morgan fingerprint density at radius 1 is 1.05 bits per heavy atom. The standard InChI is InChI=1S/C30H33N5O3/c1-19-16-24(29-31-21(3)38-33-29)10-12-26(19)22-6-8-23(9-7-22)30(36)32-25-11-13-28-27(17-25)35(15-14-34(4)5)20(2)18-37-28/h6-13,16-17,20H,14-15,18H2,1-5H3,(H,32,36). The average molecular weight is 512 g/mol. The van der Waals surface area contributed by atoms with Crippen LogP contribution in [-0.4, -0.2) is 60.8 Å². The van der Waals surface area contributed by atoms with Gasteiger partial charge in [0.15, 0.2) is 0 Å². The van der Waals surface area contributed by atoms with Crippen LogP contribution in [0.1, 0.15) is 28.7 Å². The second-order valence-electron chi connectivity index (χ2n) is 10.0. The van der Waals surface area contributed by atoms with E-state index in [9.17, 15) is 4.79 Å². The molecule has 1 unspecified atom stereocenters. The van der Waals surface area contributed by atoms with E-state index in [0.29, 0.717) is 23.9 Å². The molecule has 196 valence electrons. The molecule has 0 aliphatic carbocycles. The minimum Gasteiger partial charge on any atom is -0.489 e. The smallest absolute Gasteiger partial charge is 0.255 e. The lowest BCUT2D eigenvalue weighted by Gasteiger charge is -2.37. The summed E-state index contributed by atoms with van der Waals surface area (Å²) in [7, 11) is 4.14. The van der Waals surface area contributed by atoms with Gasteiger partial charge in [-0.25, -0.2) is 0 Å². The summed E-state index contributed by atoms with van der Waals surface area (Å²) >= 11 is 0. The SMILES string of the molecule is Cc1nc(-c2ccc(-c3ccc(C(=O)Nc4ccc5c(c4)N(CCN(C)C)C(C)CO5)cc3)c(C)c2)no1. The third kappa shape index (κ3) is 5.40. The topological polar surface area (TPSA) is 83.7 Å². The van der Waals surface area contributed by atoms with Gasteiger partial charge in [-0.05, 0) is 81.0 Å². The molecule has 5 rings (SSSR count). The highest BCUT2D eigenvalue weighted by molar-refractivity contribution is 6.04. The van der Waals surface area contributed by atoms with Crippen molar-refractivity contribution in [2.45, 2.75) is 26.8 Å². The van der Waals surface area contributed by atoms with Crippen molar-refractivity contribution in [2.24, 2.45) is 0 Å². The van der Waals surface area contributed by atoms with E-state index in [2.05, 4.69) is 53.2 Å². The van der Waals surface area contributed by atoms with Crippen molar-refractivity contribution in [1.82, 2.24) is 15.0 Å². The summed E-state index contributed by atoms with van der Waals surface area (Å²) in [5.74, 6) is 1.81. The Labute approximate surface area is 223 Å². The van der Waals surface area contributed by atoms with E-state index >= 15 is 0 Å². The summed E-state index contributed by atoms with van der Waals surface area (Å²) in [5, 5.41) is 7.05. The first kappa shape index (κ1) is 25.5. The third-order valence-electron chi connectivity index (χ3n) is 6.80. The molecule has 0 bridgehead atoms. The largest absolute Gasteiger partial charge is 0.489 e. The highest BCUT2D eigenvalue weighted by Crippen LogP contribution is 2.36. The van der Waals surface area contributed by atoms with Crippen molar-refractivity contribution in [3.8, 4) is 28.3 Å². The number of rotatable bonds is 7. The number of likely N-dealkylation sites (N-methyl/N-ethyl adjacent to an activating group) is 1. The number of ether oxygens (including phenoxy) is 1. The molecule has 0 spiro atoms. The van der Waals surface area contributed by atoms with Gasteiger partial charge < -0.3 is 24.4 Å². The van der Waals surface area contributed by atoms with Crippen LogP contribution in [0, 0.1) is 13.8 Å². The van der Waals surface area contributed by atoms with Gasteiger partial charge in [-0.15, -0.1) is 0 Å². The predicted octanol–water partition coefficient (Wildman–Crippen LogP) is 5.42. The molecule has 1 amide bonds. The molecule has 38 heavy (non-hydrogen) atoms. The van der Waals surface area contributed by atoms with E-state index in [4.69, 9.17) is 9.26 Å². The van der Waals surface area contributed by atoms with E-state index in [1.54, 1.807) is 6.92 Å². The van der Waals surface area contributed by atoms with Crippen LogP contribution in [0.4, 0.5) is 11.4 Å². The first-order chi connectivity index (χ1) is 18.3. The van der Waals surface area contributed by atoms with Crippen molar-refractivity contribution >= 4 is 17.3 Å². The molecule has 0 saturated heterocycles. The molecule has 1 N–H and O–H groups in total. The van der Waals surface area contributed by atoms with Gasteiger partial charge in [0, 0.05) is 36.8 Å². The Bertz CT molecular complexity index is 1440. The lowest BCUT2D eigenvalue weighted by atomic mass is 9.97. The van der Waals surface area contributed by atoms with Crippen molar-refractivity contribution < 1.29 is 14.1 Å². The number of benzene rings is 3. The van der Waals surface area contributed by atoms with Gasteiger partial charge in [-0.3, -0.25) is 4.79 Å². The molecule has 2 heterocycles. The van der Waals surface area contributed by atoms with Crippen molar-refractivity contribution in [3.63, 3.8) is 0 Å². The first-order valence-electron chi connectivity index (χ1n) is 12.8. The molecule has 4 aromatic rings. The van der Waals surface area contributed by atoms with Crippen LogP contribution in [0.2, 0.25) is 0 Å². The minimum absolute atomic E-state index is 0.152. The number of carbonyl (C=O) groups excluding carboxylic acids is 1. The number of fused-ring (bicyclic) bond motifs is 1. The van der Waals surface area contributed by atoms with Gasteiger partial charge in [0.05, 0.1) is 11.7 Å². The lowest BCUT2D eigenvalue weighted by Crippen LogP contribution is -2.44. The normalized spacial score (nSPS) is 14.8. The molecule has 8 heteroatoms. The summed E-state index contributed by atoms with van der Waals surface area (Å²) in [6, 6.07) is 19.8. The van der Waals surface area contributed by atoms with Gasteiger partial charge in [-0.2, -0.15) is 4.98 Å². The summed E-state index contributed by atoms with van der Waals surface area (Å²) in [6.07, 6.45) is 0. The second-order valence-corrected chi connectivity index (χ2v) is 10.0. The molecule has 0 fully saturated rings. The highest BCUT2D eigenvalue weighted by Gasteiger charge is 2.25. The number of nitrogens with one attached hydrogen (secondary N) is 1. The summed E-state index contributed by atoms with van der Waals surface area (Å²) in [4.78, 5) is 21.9. The zero-order valence-electron chi connectivity index (χ0n) is 22.5. The molecular weight excluding hydrogens is 478 g/mol. The zero-order valence-corrected chi connectivity index (χ0v) is 22.5. The predicted molar refractivity (Wildman–Crippen MR) is 150 cm³/mol. The molecule has 0 saturated carbocycles. The van der Waals surface area contributed by atoms with Gasteiger partial charge in [0.25, 0.3) is 5.91 Å². The van der Waals surface area contributed by atoms with Crippen LogP contribution < -0.4 is 15.0 Å². The number of aryl methyl sites for hydroxylation is 2. The van der Waals surface area contributed by atoms with E-state index in [-0.39, 0.29) is 11.9 Å². The van der Waals surface area contributed by atoms with Crippen LogP contribution in [-0.2, 0) is 0 Å². The molecule has 1 aliphatic heterocycles. The summed E-state index contributed by atoms with van der Waals surface area (Å²) in [5.41, 5.74) is 6.46. The number of carbonyl (C=O) groups is 1. The maximum Gasteiger partial charge on any atom is 0.255 e. The highest BCUT2D eigenvalue weighted by atomic mass is 16.5. The van der Waals surface area contributed by atoms with Gasteiger partial charge in [0.1, 0.15) is 12.4 Å². The Morgan fingerprint density at radius 2 is 1.82 bits per heavy atom.